The molecule has 11 nitrogen and oxygen atoms in total. The van der Waals surface area contributed by atoms with Gasteiger partial charge < -0.3 is 34.5 Å². The molecule has 0 aliphatic carbocycles. The first-order valence-corrected chi connectivity index (χ1v) is 16.3. The van der Waals surface area contributed by atoms with Crippen LogP contribution in [0.25, 0.3) is 21.8 Å². The average molecular weight is 622 g/mol. The van der Waals surface area contributed by atoms with Gasteiger partial charge in [0.05, 0.1) is 19.7 Å². The van der Waals surface area contributed by atoms with Crippen molar-refractivity contribution in [2.45, 2.75) is 32.2 Å². The third kappa shape index (κ3) is 6.37. The SMILES string of the molecule is COc1cc2nc(N3CCN(c4ncccn4)CC3)nc(N[C@@H](Cc3c[nH]c4ccccc34)CN3CCC(C)CC3)c2cc1OC. The second-order valence-electron chi connectivity index (χ2n) is 12.5. The summed E-state index contributed by atoms with van der Waals surface area (Å²) in [5, 5.41) is 6.10. The first-order valence-electron chi connectivity index (χ1n) is 16.3. The predicted octanol–water partition coefficient (Wildman–Crippen LogP) is 5.00. The normalized spacial score (nSPS) is 17.0. The van der Waals surface area contributed by atoms with Crippen molar-refractivity contribution in [1.29, 1.82) is 0 Å². The summed E-state index contributed by atoms with van der Waals surface area (Å²) in [4.78, 5) is 29.7. The van der Waals surface area contributed by atoms with Gasteiger partial charge in [-0.25, -0.2) is 15.0 Å². The number of benzene rings is 2. The van der Waals surface area contributed by atoms with Gasteiger partial charge in [-0.2, -0.15) is 4.98 Å². The molecule has 46 heavy (non-hydrogen) atoms. The van der Waals surface area contributed by atoms with Gasteiger partial charge in [-0.1, -0.05) is 25.1 Å². The number of likely N-dealkylation sites (tertiary alicyclic amines) is 1. The van der Waals surface area contributed by atoms with Crippen molar-refractivity contribution in [1.82, 2.24) is 29.8 Å². The third-order valence-electron chi connectivity index (χ3n) is 9.42. The number of aromatic nitrogens is 5. The van der Waals surface area contributed by atoms with Crippen LogP contribution >= 0.6 is 0 Å². The van der Waals surface area contributed by atoms with Crippen LogP contribution in [0.4, 0.5) is 17.7 Å². The van der Waals surface area contributed by atoms with Crippen molar-refractivity contribution < 1.29 is 9.47 Å². The first-order chi connectivity index (χ1) is 22.6. The first kappa shape index (κ1) is 30.0. The van der Waals surface area contributed by atoms with E-state index in [9.17, 15) is 0 Å². The molecule has 1 atom stereocenters. The maximum absolute atomic E-state index is 5.72. The quantitative estimate of drug-likeness (QED) is 0.221. The number of hydrogen-bond acceptors (Lipinski definition) is 10. The molecule has 7 rings (SSSR count). The Morgan fingerprint density at radius 2 is 1.54 bits per heavy atom. The number of rotatable bonds is 10. The molecule has 11 heteroatoms. The van der Waals surface area contributed by atoms with Gasteiger partial charge in [0.15, 0.2) is 11.5 Å². The van der Waals surface area contributed by atoms with Crippen LogP contribution in [0.2, 0.25) is 0 Å². The molecule has 0 saturated carbocycles. The lowest BCUT2D eigenvalue weighted by Gasteiger charge is -2.35. The van der Waals surface area contributed by atoms with Gasteiger partial charge in [0.25, 0.3) is 0 Å². The third-order valence-corrected chi connectivity index (χ3v) is 9.42. The van der Waals surface area contributed by atoms with Crippen LogP contribution in [0.15, 0.2) is 61.1 Å². The van der Waals surface area contributed by atoms with Gasteiger partial charge >= 0.3 is 0 Å². The van der Waals surface area contributed by atoms with Crippen LogP contribution < -0.4 is 24.6 Å². The van der Waals surface area contributed by atoms with Gasteiger partial charge in [0.2, 0.25) is 11.9 Å². The summed E-state index contributed by atoms with van der Waals surface area (Å²) in [6.45, 7) is 8.63. The highest BCUT2D eigenvalue weighted by molar-refractivity contribution is 5.93. The number of piperidine rings is 1. The van der Waals surface area contributed by atoms with E-state index >= 15 is 0 Å². The van der Waals surface area contributed by atoms with E-state index in [4.69, 9.17) is 19.4 Å². The highest BCUT2D eigenvalue weighted by atomic mass is 16.5. The maximum Gasteiger partial charge on any atom is 0.228 e. The minimum atomic E-state index is 0.124. The average Bonchev–Trinajstić information content (AvgIpc) is 3.51. The van der Waals surface area contributed by atoms with E-state index in [1.807, 2.05) is 18.2 Å². The lowest BCUT2D eigenvalue weighted by Crippen LogP contribution is -2.47. The second-order valence-corrected chi connectivity index (χ2v) is 12.5. The summed E-state index contributed by atoms with van der Waals surface area (Å²) in [6, 6.07) is 14.5. The Hall–Kier alpha value is -4.64. The molecule has 2 aliphatic heterocycles. The summed E-state index contributed by atoms with van der Waals surface area (Å²) in [5.41, 5.74) is 3.28. The van der Waals surface area contributed by atoms with Crippen LogP contribution in [0.5, 0.6) is 11.5 Å². The smallest absolute Gasteiger partial charge is 0.228 e. The Morgan fingerprint density at radius 1 is 0.848 bits per heavy atom. The monoisotopic (exact) mass is 621 g/mol. The minimum absolute atomic E-state index is 0.124. The molecule has 0 spiro atoms. The van der Waals surface area contributed by atoms with E-state index in [2.05, 4.69) is 72.4 Å². The van der Waals surface area contributed by atoms with Crippen LogP contribution in [0.1, 0.15) is 25.3 Å². The van der Waals surface area contributed by atoms with Crippen molar-refractivity contribution in [2.24, 2.45) is 5.92 Å². The molecule has 2 N–H and O–H groups in total. The van der Waals surface area contributed by atoms with E-state index in [1.54, 1.807) is 26.6 Å². The number of hydrogen-bond donors (Lipinski definition) is 2. The van der Waals surface area contributed by atoms with Gasteiger partial charge in [-0.3, -0.25) is 0 Å². The van der Waals surface area contributed by atoms with Crippen molar-refractivity contribution in [3.8, 4) is 11.5 Å². The number of ether oxygens (including phenoxy) is 2. The molecule has 0 unspecified atom stereocenters. The number of H-pyrrole nitrogens is 1. The second kappa shape index (κ2) is 13.4. The minimum Gasteiger partial charge on any atom is -0.493 e. The number of anilines is 3. The van der Waals surface area contributed by atoms with E-state index in [0.717, 1.165) is 86.3 Å². The molecule has 0 radical (unpaired) electrons. The lowest BCUT2D eigenvalue weighted by atomic mass is 9.98. The summed E-state index contributed by atoms with van der Waals surface area (Å²) in [7, 11) is 3.33. The highest BCUT2D eigenvalue weighted by Crippen LogP contribution is 2.36. The van der Waals surface area contributed by atoms with Crippen molar-refractivity contribution in [3.05, 3.63) is 66.6 Å². The summed E-state index contributed by atoms with van der Waals surface area (Å²) in [6.07, 6.45) is 9.07. The van der Waals surface area contributed by atoms with Gasteiger partial charge in [0.1, 0.15) is 5.82 Å². The maximum atomic E-state index is 5.72. The number of para-hydroxylation sites is 1. The zero-order valence-corrected chi connectivity index (χ0v) is 26.9. The number of nitrogens with one attached hydrogen (secondary N) is 2. The van der Waals surface area contributed by atoms with Gasteiger partial charge in [-0.15, -0.1) is 0 Å². The van der Waals surface area contributed by atoms with E-state index in [0.29, 0.717) is 17.4 Å². The summed E-state index contributed by atoms with van der Waals surface area (Å²) >= 11 is 0. The molecule has 0 amide bonds. The lowest BCUT2D eigenvalue weighted by molar-refractivity contribution is 0.185. The number of fused-ring (bicyclic) bond motifs is 2. The van der Waals surface area contributed by atoms with Gasteiger partial charge in [0, 0.05) is 79.7 Å². The van der Waals surface area contributed by atoms with Crippen LogP contribution in [0.3, 0.4) is 0 Å². The largest absolute Gasteiger partial charge is 0.493 e. The molecule has 2 aromatic carbocycles. The molecular weight excluding hydrogens is 578 g/mol. The Kier molecular flexibility index (Phi) is 8.74. The van der Waals surface area contributed by atoms with Gasteiger partial charge in [-0.05, 0) is 62.0 Å². The topological polar surface area (TPSA) is 108 Å². The summed E-state index contributed by atoms with van der Waals surface area (Å²) in [5.74, 6) is 4.35. The predicted molar refractivity (Wildman–Crippen MR) is 183 cm³/mol. The number of aromatic amines is 1. The van der Waals surface area contributed by atoms with E-state index in [1.165, 1.54) is 23.8 Å². The fraction of sp³-hybridized carbons (Fsp3) is 0.429. The van der Waals surface area contributed by atoms with E-state index < -0.39 is 0 Å². The Balaban J connectivity index is 1.23. The molecule has 2 aliphatic rings. The van der Waals surface area contributed by atoms with Crippen LogP contribution in [-0.2, 0) is 6.42 Å². The molecular formula is C35H43N9O2. The fourth-order valence-corrected chi connectivity index (χ4v) is 6.73. The fourth-order valence-electron chi connectivity index (χ4n) is 6.73. The number of methoxy groups -OCH3 is 2. The molecule has 5 heterocycles. The zero-order valence-electron chi connectivity index (χ0n) is 26.9. The standard InChI is InChI=1S/C35H43N9O2/c1-24-9-13-42(14-10-24)23-26(19-25-22-38-29-8-5-4-7-27(25)29)39-33-28-20-31(45-2)32(46-3)21-30(28)40-35(41-33)44-17-15-43(16-18-44)34-36-11-6-12-37-34/h4-8,11-12,20-22,24,26,38H,9-10,13-19,23H2,1-3H3,(H,39,40,41)/t26-/m0/s1. The Labute approximate surface area is 270 Å². The number of nitrogens with zero attached hydrogens (tertiary/aromatic N) is 7. The molecule has 0 bridgehead atoms. The number of piperazine rings is 1. The molecule has 3 aromatic heterocycles. The molecule has 2 fully saturated rings. The van der Waals surface area contributed by atoms with Crippen molar-refractivity contribution in [3.63, 3.8) is 0 Å². The molecule has 240 valence electrons. The highest BCUT2D eigenvalue weighted by Gasteiger charge is 2.25. The summed E-state index contributed by atoms with van der Waals surface area (Å²) < 4.78 is 11.4. The van der Waals surface area contributed by atoms with Crippen molar-refractivity contribution >= 4 is 39.5 Å². The van der Waals surface area contributed by atoms with Crippen molar-refractivity contribution in [2.75, 3.05) is 75.1 Å². The Morgan fingerprint density at radius 3 is 2.28 bits per heavy atom. The molecule has 5 aromatic rings. The van der Waals surface area contributed by atoms with E-state index in [-0.39, 0.29) is 6.04 Å². The van der Waals surface area contributed by atoms with Crippen LogP contribution in [0, 0.1) is 5.92 Å². The van der Waals surface area contributed by atoms with Crippen LogP contribution in [-0.4, -0.2) is 95.9 Å². The molecule has 2 saturated heterocycles. The Bertz CT molecular complexity index is 1760. The zero-order chi connectivity index (χ0) is 31.5.